The first-order valence-electron chi connectivity index (χ1n) is 6.35. The lowest BCUT2D eigenvalue weighted by Gasteiger charge is -2.31. The number of para-hydroxylation sites is 1. The quantitative estimate of drug-likeness (QED) is 0.648. The lowest BCUT2D eigenvalue weighted by Crippen LogP contribution is -2.49. The average Bonchev–Trinajstić information content (AvgIpc) is 2.37. The Labute approximate surface area is 107 Å². The van der Waals surface area contributed by atoms with Crippen LogP contribution in [0.4, 0.5) is 5.69 Å². The smallest absolute Gasteiger partial charge is 0.272 e. The summed E-state index contributed by atoms with van der Waals surface area (Å²) in [6.45, 7) is 6.08. The third-order valence-corrected chi connectivity index (χ3v) is 3.34. The fourth-order valence-corrected chi connectivity index (χ4v) is 2.39. The number of rotatable bonds is 4. The van der Waals surface area contributed by atoms with Crippen LogP contribution in [-0.4, -0.2) is 42.0 Å². The Bertz CT molecular complexity index is 422. The molecule has 1 N–H and O–H groups in total. The van der Waals surface area contributed by atoms with Crippen LogP contribution in [0.5, 0.6) is 0 Å². The minimum absolute atomic E-state index is 0.237. The molecule has 0 amide bonds. The van der Waals surface area contributed by atoms with Crippen molar-refractivity contribution in [3.05, 3.63) is 39.9 Å². The SMILES string of the molecule is CC1CN(CCc2ccccc2[N+](=O)[O-])CCN1. The van der Waals surface area contributed by atoms with E-state index < -0.39 is 0 Å². The first kappa shape index (κ1) is 13.0. The minimum atomic E-state index is -0.296. The zero-order chi connectivity index (χ0) is 13.0. The third-order valence-electron chi connectivity index (χ3n) is 3.34. The van der Waals surface area contributed by atoms with E-state index >= 15 is 0 Å². The summed E-state index contributed by atoms with van der Waals surface area (Å²) in [6.07, 6.45) is 0.740. The van der Waals surface area contributed by atoms with Crippen LogP contribution >= 0.6 is 0 Å². The van der Waals surface area contributed by atoms with Crippen molar-refractivity contribution in [3.8, 4) is 0 Å². The summed E-state index contributed by atoms with van der Waals surface area (Å²) in [5.41, 5.74) is 1.06. The standard InChI is InChI=1S/C13H19N3O2/c1-11-10-15(9-7-14-11)8-6-12-4-2-3-5-13(12)16(17)18/h2-5,11,14H,6-10H2,1H3. The maximum Gasteiger partial charge on any atom is 0.272 e. The fourth-order valence-electron chi connectivity index (χ4n) is 2.39. The summed E-state index contributed by atoms with van der Waals surface area (Å²) >= 11 is 0. The van der Waals surface area contributed by atoms with Crippen molar-refractivity contribution in [1.29, 1.82) is 0 Å². The van der Waals surface area contributed by atoms with Gasteiger partial charge in [-0.15, -0.1) is 0 Å². The molecule has 0 aliphatic carbocycles. The van der Waals surface area contributed by atoms with Crippen LogP contribution in [0, 0.1) is 10.1 Å². The van der Waals surface area contributed by atoms with Crippen molar-refractivity contribution in [3.63, 3.8) is 0 Å². The highest BCUT2D eigenvalue weighted by molar-refractivity contribution is 5.39. The highest BCUT2D eigenvalue weighted by Crippen LogP contribution is 2.18. The van der Waals surface area contributed by atoms with Gasteiger partial charge >= 0.3 is 0 Å². The Balaban J connectivity index is 1.95. The van der Waals surface area contributed by atoms with E-state index in [1.54, 1.807) is 12.1 Å². The van der Waals surface area contributed by atoms with Gasteiger partial charge in [0.05, 0.1) is 4.92 Å². The van der Waals surface area contributed by atoms with Crippen LogP contribution in [0.15, 0.2) is 24.3 Å². The predicted molar refractivity (Wildman–Crippen MR) is 70.7 cm³/mol. The molecule has 1 aromatic rings. The van der Waals surface area contributed by atoms with Crippen molar-refractivity contribution >= 4 is 5.69 Å². The first-order valence-corrected chi connectivity index (χ1v) is 6.35. The van der Waals surface area contributed by atoms with E-state index in [9.17, 15) is 10.1 Å². The highest BCUT2D eigenvalue weighted by Gasteiger charge is 2.17. The summed E-state index contributed by atoms with van der Waals surface area (Å²) in [4.78, 5) is 13.0. The molecule has 1 fully saturated rings. The molecule has 1 atom stereocenters. The Morgan fingerprint density at radius 2 is 2.28 bits per heavy atom. The van der Waals surface area contributed by atoms with Crippen LogP contribution in [0.3, 0.4) is 0 Å². The number of nitro benzene ring substituents is 1. The Kier molecular flexibility index (Phi) is 4.28. The van der Waals surface area contributed by atoms with Gasteiger partial charge in [-0.05, 0) is 13.3 Å². The first-order chi connectivity index (χ1) is 8.66. The lowest BCUT2D eigenvalue weighted by atomic mass is 10.1. The fraction of sp³-hybridized carbons (Fsp3) is 0.538. The van der Waals surface area contributed by atoms with Crippen molar-refractivity contribution in [2.75, 3.05) is 26.2 Å². The van der Waals surface area contributed by atoms with Gasteiger partial charge in [0.2, 0.25) is 0 Å². The summed E-state index contributed by atoms with van der Waals surface area (Å²) < 4.78 is 0. The van der Waals surface area contributed by atoms with Crippen LogP contribution in [0.25, 0.3) is 0 Å². The lowest BCUT2D eigenvalue weighted by molar-refractivity contribution is -0.385. The third kappa shape index (κ3) is 3.27. The van der Waals surface area contributed by atoms with Crippen molar-refractivity contribution in [2.45, 2.75) is 19.4 Å². The van der Waals surface area contributed by atoms with E-state index in [4.69, 9.17) is 0 Å². The summed E-state index contributed by atoms with van der Waals surface area (Å²) in [5.74, 6) is 0. The number of hydrogen-bond acceptors (Lipinski definition) is 4. The minimum Gasteiger partial charge on any atom is -0.312 e. The molecule has 0 aromatic heterocycles. The van der Waals surface area contributed by atoms with E-state index in [2.05, 4.69) is 17.1 Å². The molecule has 18 heavy (non-hydrogen) atoms. The number of hydrogen-bond donors (Lipinski definition) is 1. The monoisotopic (exact) mass is 249 g/mol. The topological polar surface area (TPSA) is 58.4 Å². The normalized spacial score (nSPS) is 20.8. The van der Waals surface area contributed by atoms with Crippen LogP contribution in [0.2, 0.25) is 0 Å². The van der Waals surface area contributed by atoms with Gasteiger partial charge in [-0.2, -0.15) is 0 Å². The number of nitrogens with zero attached hydrogens (tertiary/aromatic N) is 2. The van der Waals surface area contributed by atoms with Gasteiger partial charge in [0.15, 0.2) is 0 Å². The van der Waals surface area contributed by atoms with Gasteiger partial charge in [-0.1, -0.05) is 18.2 Å². The Morgan fingerprint density at radius 3 is 3.00 bits per heavy atom. The molecule has 0 radical (unpaired) electrons. The molecular formula is C13H19N3O2. The molecule has 1 saturated heterocycles. The number of nitrogens with one attached hydrogen (secondary N) is 1. The molecule has 0 spiro atoms. The summed E-state index contributed by atoms with van der Waals surface area (Å²) in [5, 5.41) is 14.3. The van der Waals surface area contributed by atoms with E-state index in [1.165, 1.54) is 0 Å². The second-order valence-corrected chi connectivity index (χ2v) is 4.79. The zero-order valence-electron chi connectivity index (χ0n) is 10.6. The molecule has 2 rings (SSSR count). The molecule has 0 bridgehead atoms. The number of benzene rings is 1. The van der Waals surface area contributed by atoms with Gasteiger partial charge in [0, 0.05) is 43.9 Å². The largest absolute Gasteiger partial charge is 0.312 e. The Morgan fingerprint density at radius 1 is 1.50 bits per heavy atom. The number of piperazine rings is 1. The predicted octanol–water partition coefficient (Wildman–Crippen LogP) is 1.43. The van der Waals surface area contributed by atoms with Crippen molar-refractivity contribution in [1.82, 2.24) is 10.2 Å². The second-order valence-electron chi connectivity index (χ2n) is 4.79. The molecule has 1 heterocycles. The number of nitro groups is 1. The van der Waals surface area contributed by atoms with Gasteiger partial charge in [-0.3, -0.25) is 10.1 Å². The molecule has 0 saturated carbocycles. The molecule has 1 aliphatic heterocycles. The highest BCUT2D eigenvalue weighted by atomic mass is 16.6. The van der Waals surface area contributed by atoms with Crippen LogP contribution < -0.4 is 5.32 Å². The Hall–Kier alpha value is -1.46. The van der Waals surface area contributed by atoms with Gasteiger partial charge in [-0.25, -0.2) is 0 Å². The van der Waals surface area contributed by atoms with Crippen LogP contribution in [-0.2, 0) is 6.42 Å². The second kappa shape index (κ2) is 5.93. The van der Waals surface area contributed by atoms with E-state index in [1.807, 2.05) is 12.1 Å². The maximum absolute atomic E-state index is 10.9. The van der Waals surface area contributed by atoms with Gasteiger partial charge < -0.3 is 10.2 Å². The average molecular weight is 249 g/mol. The van der Waals surface area contributed by atoms with E-state index in [-0.39, 0.29) is 10.6 Å². The molecule has 1 unspecified atom stereocenters. The maximum atomic E-state index is 10.9. The molecule has 5 heteroatoms. The summed E-state index contributed by atoms with van der Waals surface area (Å²) in [7, 11) is 0. The molecule has 5 nitrogen and oxygen atoms in total. The summed E-state index contributed by atoms with van der Waals surface area (Å²) in [6, 6.07) is 7.51. The molecular weight excluding hydrogens is 230 g/mol. The van der Waals surface area contributed by atoms with Crippen LogP contribution in [0.1, 0.15) is 12.5 Å². The van der Waals surface area contributed by atoms with E-state index in [0.29, 0.717) is 6.04 Å². The zero-order valence-corrected chi connectivity index (χ0v) is 10.6. The molecule has 1 aliphatic rings. The van der Waals surface area contributed by atoms with Gasteiger partial charge in [0.1, 0.15) is 0 Å². The van der Waals surface area contributed by atoms with Gasteiger partial charge in [0.25, 0.3) is 5.69 Å². The molecule has 1 aromatic carbocycles. The van der Waals surface area contributed by atoms with E-state index in [0.717, 1.165) is 38.2 Å². The van der Waals surface area contributed by atoms with Crippen molar-refractivity contribution < 1.29 is 4.92 Å². The molecule has 98 valence electrons. The van der Waals surface area contributed by atoms with Crippen molar-refractivity contribution in [2.24, 2.45) is 0 Å².